The Hall–Kier alpha value is -6.51. The topological polar surface area (TPSA) is 17.3 Å². The van der Waals surface area contributed by atoms with E-state index in [-0.39, 0.29) is 0 Å². The molecule has 2 aromatic heterocycles. The summed E-state index contributed by atoms with van der Waals surface area (Å²) in [5.74, 6) is 0. The fraction of sp³-hybridized carbons (Fsp3) is 0.0208. The first-order valence-electron chi connectivity index (χ1n) is 17.3. The molecular formula is C48H30N2. The molecule has 0 aliphatic heterocycles. The van der Waals surface area contributed by atoms with Crippen LogP contribution in [0.25, 0.3) is 93.4 Å². The maximum atomic E-state index is 5.06. The van der Waals surface area contributed by atoms with E-state index in [4.69, 9.17) is 4.98 Å². The molecule has 0 spiro atoms. The molecule has 0 fully saturated rings. The van der Waals surface area contributed by atoms with Crippen molar-refractivity contribution >= 4 is 48.7 Å². The van der Waals surface area contributed by atoms with Gasteiger partial charge < -0.3 is 4.40 Å². The van der Waals surface area contributed by atoms with Crippen LogP contribution in [0.2, 0.25) is 0 Å². The highest BCUT2D eigenvalue weighted by Crippen LogP contribution is 2.46. The van der Waals surface area contributed by atoms with E-state index in [0.29, 0.717) is 0 Å². The summed E-state index contributed by atoms with van der Waals surface area (Å²) in [6, 6.07) is 60.2. The minimum atomic E-state index is 0.904. The van der Waals surface area contributed by atoms with Crippen LogP contribution < -0.4 is 0 Å². The SMILES string of the molecule is c1ccc2c(c1)Cc1c-2nc2ccc(-c3ccc4c(-c5ccc6ccccc6c5)c5ccccc5c(-c5ccc6ccccc6c5)c4c3)cn12. The number of hydrogen-bond donors (Lipinski definition) is 0. The van der Waals surface area contributed by atoms with Crippen molar-refractivity contribution in [1.82, 2.24) is 9.38 Å². The van der Waals surface area contributed by atoms with Crippen molar-refractivity contribution < 1.29 is 0 Å². The van der Waals surface area contributed by atoms with Gasteiger partial charge in [0.05, 0.1) is 11.4 Å². The number of aromatic nitrogens is 2. The van der Waals surface area contributed by atoms with Crippen LogP contribution >= 0.6 is 0 Å². The first-order chi connectivity index (χ1) is 24.8. The number of hydrogen-bond acceptors (Lipinski definition) is 1. The van der Waals surface area contributed by atoms with Crippen molar-refractivity contribution in [1.29, 1.82) is 0 Å². The first kappa shape index (κ1) is 27.4. The molecule has 0 atom stereocenters. The average molecular weight is 635 g/mol. The van der Waals surface area contributed by atoms with Crippen molar-refractivity contribution in [3.8, 4) is 44.6 Å². The molecule has 10 aromatic rings. The normalized spacial score (nSPS) is 12.3. The molecule has 0 unspecified atom stereocenters. The summed E-state index contributed by atoms with van der Waals surface area (Å²) < 4.78 is 2.31. The average Bonchev–Trinajstić information content (AvgIpc) is 3.72. The largest absolute Gasteiger partial charge is 0.302 e. The Morgan fingerprint density at radius 2 is 0.980 bits per heavy atom. The molecule has 1 aliphatic carbocycles. The smallest absolute Gasteiger partial charge is 0.137 e. The fourth-order valence-corrected chi connectivity index (χ4v) is 8.40. The Morgan fingerprint density at radius 3 is 1.70 bits per heavy atom. The predicted molar refractivity (Wildman–Crippen MR) is 210 cm³/mol. The van der Waals surface area contributed by atoms with Gasteiger partial charge >= 0.3 is 0 Å². The third-order valence-electron chi connectivity index (χ3n) is 10.8. The van der Waals surface area contributed by atoms with Gasteiger partial charge in [0.15, 0.2) is 0 Å². The summed E-state index contributed by atoms with van der Waals surface area (Å²) in [6.45, 7) is 0. The summed E-state index contributed by atoms with van der Waals surface area (Å²) >= 11 is 0. The maximum Gasteiger partial charge on any atom is 0.137 e. The molecule has 11 rings (SSSR count). The van der Waals surface area contributed by atoms with Crippen molar-refractivity contribution in [2.45, 2.75) is 6.42 Å². The van der Waals surface area contributed by atoms with E-state index in [2.05, 4.69) is 174 Å². The Labute approximate surface area is 289 Å². The van der Waals surface area contributed by atoms with Crippen LogP contribution in [-0.4, -0.2) is 9.38 Å². The molecule has 2 nitrogen and oxygen atoms in total. The lowest BCUT2D eigenvalue weighted by atomic mass is 9.84. The van der Waals surface area contributed by atoms with E-state index in [9.17, 15) is 0 Å². The second-order valence-corrected chi connectivity index (χ2v) is 13.6. The molecule has 0 bridgehead atoms. The van der Waals surface area contributed by atoms with E-state index >= 15 is 0 Å². The van der Waals surface area contributed by atoms with Gasteiger partial charge in [0, 0.05) is 18.2 Å². The molecule has 0 amide bonds. The van der Waals surface area contributed by atoms with Gasteiger partial charge in [0.2, 0.25) is 0 Å². The van der Waals surface area contributed by atoms with Crippen LogP contribution in [0, 0.1) is 0 Å². The molecule has 1 aliphatic rings. The molecule has 0 N–H and O–H groups in total. The van der Waals surface area contributed by atoms with Gasteiger partial charge in [-0.2, -0.15) is 0 Å². The lowest BCUT2D eigenvalue weighted by Crippen LogP contribution is -1.94. The Kier molecular flexibility index (Phi) is 5.76. The van der Waals surface area contributed by atoms with E-state index in [1.165, 1.54) is 93.3 Å². The van der Waals surface area contributed by atoms with Gasteiger partial charge in [-0.05, 0) is 112 Å². The van der Waals surface area contributed by atoms with Crippen molar-refractivity contribution in [2.24, 2.45) is 0 Å². The minimum Gasteiger partial charge on any atom is -0.302 e. The minimum absolute atomic E-state index is 0.904. The summed E-state index contributed by atoms with van der Waals surface area (Å²) in [4.78, 5) is 5.06. The van der Waals surface area contributed by atoms with Crippen LogP contribution in [-0.2, 0) is 6.42 Å². The molecule has 2 heterocycles. The molecule has 2 heteroatoms. The molecule has 232 valence electrons. The van der Waals surface area contributed by atoms with Crippen LogP contribution in [0.5, 0.6) is 0 Å². The second kappa shape index (κ2) is 10.5. The molecule has 0 saturated heterocycles. The van der Waals surface area contributed by atoms with Crippen LogP contribution in [0.1, 0.15) is 11.3 Å². The summed E-state index contributed by atoms with van der Waals surface area (Å²) in [7, 11) is 0. The van der Waals surface area contributed by atoms with E-state index in [1.54, 1.807) is 0 Å². The summed E-state index contributed by atoms with van der Waals surface area (Å²) in [6.07, 6.45) is 3.19. The lowest BCUT2D eigenvalue weighted by Gasteiger charge is -2.19. The molecule has 50 heavy (non-hydrogen) atoms. The highest BCUT2D eigenvalue weighted by molar-refractivity contribution is 6.22. The summed E-state index contributed by atoms with van der Waals surface area (Å²) in [5, 5.41) is 10.0. The molecule has 0 radical (unpaired) electrons. The highest BCUT2D eigenvalue weighted by atomic mass is 15.0. The van der Waals surface area contributed by atoms with Gasteiger partial charge in [-0.15, -0.1) is 0 Å². The van der Waals surface area contributed by atoms with Crippen molar-refractivity contribution in [3.05, 3.63) is 181 Å². The van der Waals surface area contributed by atoms with E-state index in [0.717, 1.165) is 17.8 Å². The monoisotopic (exact) mass is 634 g/mol. The number of fused-ring (bicyclic) bond motifs is 9. The Morgan fingerprint density at radius 1 is 0.420 bits per heavy atom. The predicted octanol–water partition coefficient (Wildman–Crippen LogP) is 12.5. The second-order valence-electron chi connectivity index (χ2n) is 13.6. The third kappa shape index (κ3) is 4.06. The third-order valence-corrected chi connectivity index (χ3v) is 10.8. The van der Waals surface area contributed by atoms with Crippen LogP contribution in [0.4, 0.5) is 0 Å². The zero-order chi connectivity index (χ0) is 32.8. The van der Waals surface area contributed by atoms with Crippen molar-refractivity contribution in [3.63, 3.8) is 0 Å². The fourth-order valence-electron chi connectivity index (χ4n) is 8.40. The quantitative estimate of drug-likeness (QED) is 0.177. The van der Waals surface area contributed by atoms with Gasteiger partial charge in [0.25, 0.3) is 0 Å². The summed E-state index contributed by atoms with van der Waals surface area (Å²) in [5.41, 5.74) is 13.4. The van der Waals surface area contributed by atoms with E-state index in [1.807, 2.05) is 0 Å². The van der Waals surface area contributed by atoms with E-state index < -0.39 is 0 Å². The van der Waals surface area contributed by atoms with Crippen LogP contribution in [0.15, 0.2) is 170 Å². The van der Waals surface area contributed by atoms with Gasteiger partial charge in [-0.25, -0.2) is 4.98 Å². The highest BCUT2D eigenvalue weighted by Gasteiger charge is 2.24. The number of benzene rings is 8. The van der Waals surface area contributed by atoms with Crippen LogP contribution in [0.3, 0.4) is 0 Å². The van der Waals surface area contributed by atoms with Gasteiger partial charge in [0.1, 0.15) is 5.65 Å². The number of rotatable bonds is 3. The number of pyridine rings is 1. The zero-order valence-corrected chi connectivity index (χ0v) is 27.3. The Bertz CT molecular complexity index is 3020. The molecular weight excluding hydrogens is 605 g/mol. The zero-order valence-electron chi connectivity index (χ0n) is 27.3. The molecule has 8 aromatic carbocycles. The first-order valence-corrected chi connectivity index (χ1v) is 17.3. The standard InChI is InChI=1S/C48H30N2/c1-3-11-32-25-36(19-17-30(32)9-1)46-40-15-7-8-16-41(40)47(37-20-18-31-10-2-4-12-33(31)26-37)43-27-34(21-23-42(43)46)38-22-24-45-49-48-39-14-6-5-13-35(39)28-44(48)50(45)29-38/h1-27,29H,28H2. The number of imidazole rings is 1. The molecule has 0 saturated carbocycles. The lowest BCUT2D eigenvalue weighted by molar-refractivity contribution is 1.05. The van der Waals surface area contributed by atoms with Gasteiger partial charge in [-0.1, -0.05) is 133 Å². The Balaban J connectivity index is 1.19. The van der Waals surface area contributed by atoms with Crippen molar-refractivity contribution in [2.75, 3.05) is 0 Å². The van der Waals surface area contributed by atoms with Gasteiger partial charge in [-0.3, -0.25) is 0 Å². The maximum absolute atomic E-state index is 5.06. The number of nitrogens with zero attached hydrogens (tertiary/aromatic N) is 2.